The number of nitrogens with one attached hydrogen (secondary N) is 1. The third kappa shape index (κ3) is 3.95. The molecular weight excluding hydrogens is 406 g/mol. The monoisotopic (exact) mass is 425 g/mol. The van der Waals surface area contributed by atoms with Crippen molar-refractivity contribution in [2.24, 2.45) is 14.1 Å². The van der Waals surface area contributed by atoms with E-state index in [0.29, 0.717) is 16.6 Å². The minimum Gasteiger partial charge on any atom is -0.496 e. The van der Waals surface area contributed by atoms with E-state index in [2.05, 4.69) is 15.5 Å². The maximum absolute atomic E-state index is 12.2. The van der Waals surface area contributed by atoms with E-state index < -0.39 is 6.09 Å². The average Bonchev–Trinajstić information content (AvgIpc) is 3.28. The highest BCUT2D eigenvalue weighted by molar-refractivity contribution is 6.30. The van der Waals surface area contributed by atoms with Crippen molar-refractivity contribution in [1.29, 1.82) is 0 Å². The number of ether oxygens (including phenoxy) is 2. The van der Waals surface area contributed by atoms with Gasteiger partial charge in [-0.2, -0.15) is 10.2 Å². The molecule has 0 aliphatic carbocycles. The predicted molar refractivity (Wildman–Crippen MR) is 115 cm³/mol. The SMILES string of the molecule is COc1cc(Cl)ccc1-c1cc(NC(=O)OCc2ccc3c(cnn3C)c2)nn1C. The second-order valence-electron chi connectivity index (χ2n) is 6.75. The summed E-state index contributed by atoms with van der Waals surface area (Å²) >= 11 is 6.03. The van der Waals surface area contributed by atoms with Crippen molar-refractivity contribution in [3.05, 3.63) is 59.2 Å². The molecular formula is C21H20ClN5O3. The summed E-state index contributed by atoms with van der Waals surface area (Å²) in [6, 6.07) is 12.9. The summed E-state index contributed by atoms with van der Waals surface area (Å²) in [6.45, 7) is 0.140. The number of hydrogen-bond donors (Lipinski definition) is 1. The molecule has 0 bridgehead atoms. The maximum atomic E-state index is 12.2. The zero-order valence-electron chi connectivity index (χ0n) is 16.7. The van der Waals surface area contributed by atoms with E-state index in [0.717, 1.165) is 27.7 Å². The molecule has 9 heteroatoms. The van der Waals surface area contributed by atoms with Gasteiger partial charge in [0.2, 0.25) is 0 Å². The molecule has 1 amide bonds. The first-order valence-corrected chi connectivity index (χ1v) is 9.55. The van der Waals surface area contributed by atoms with E-state index in [-0.39, 0.29) is 6.61 Å². The largest absolute Gasteiger partial charge is 0.496 e. The molecule has 154 valence electrons. The Hall–Kier alpha value is -3.52. The molecule has 2 heterocycles. The second kappa shape index (κ2) is 8.08. The van der Waals surface area contributed by atoms with Gasteiger partial charge in [-0.25, -0.2) is 4.79 Å². The van der Waals surface area contributed by atoms with E-state index in [1.165, 1.54) is 0 Å². The number of aryl methyl sites for hydroxylation is 2. The van der Waals surface area contributed by atoms with Crippen molar-refractivity contribution in [1.82, 2.24) is 19.6 Å². The molecule has 30 heavy (non-hydrogen) atoms. The summed E-state index contributed by atoms with van der Waals surface area (Å²) in [4.78, 5) is 12.2. The number of fused-ring (bicyclic) bond motifs is 1. The van der Waals surface area contributed by atoms with Crippen molar-refractivity contribution in [2.45, 2.75) is 6.61 Å². The van der Waals surface area contributed by atoms with Crippen LogP contribution in [0.3, 0.4) is 0 Å². The van der Waals surface area contributed by atoms with Crippen LogP contribution in [0.15, 0.2) is 48.7 Å². The Kier molecular flexibility index (Phi) is 5.33. The Morgan fingerprint density at radius 1 is 1.13 bits per heavy atom. The summed E-state index contributed by atoms with van der Waals surface area (Å²) in [6.07, 6.45) is 1.19. The molecule has 0 fully saturated rings. The number of rotatable bonds is 5. The fourth-order valence-electron chi connectivity index (χ4n) is 3.25. The zero-order valence-corrected chi connectivity index (χ0v) is 17.5. The molecule has 0 atom stereocenters. The smallest absolute Gasteiger partial charge is 0.413 e. The summed E-state index contributed by atoms with van der Waals surface area (Å²) in [5.41, 5.74) is 3.46. The first-order chi connectivity index (χ1) is 14.4. The lowest BCUT2D eigenvalue weighted by molar-refractivity contribution is 0.155. The van der Waals surface area contributed by atoms with Gasteiger partial charge in [0.15, 0.2) is 5.82 Å². The van der Waals surface area contributed by atoms with Crippen molar-refractivity contribution in [3.8, 4) is 17.0 Å². The molecule has 4 aromatic rings. The lowest BCUT2D eigenvalue weighted by Gasteiger charge is -2.08. The number of nitrogens with zero attached hydrogens (tertiary/aromatic N) is 4. The molecule has 1 N–H and O–H groups in total. The number of halogens is 1. The van der Waals surface area contributed by atoms with Crippen molar-refractivity contribution in [2.75, 3.05) is 12.4 Å². The molecule has 4 rings (SSSR count). The summed E-state index contributed by atoms with van der Waals surface area (Å²) in [5.74, 6) is 0.989. The minimum atomic E-state index is -0.589. The van der Waals surface area contributed by atoms with E-state index in [1.54, 1.807) is 47.9 Å². The number of hydrogen-bond acceptors (Lipinski definition) is 5. The Bertz CT molecular complexity index is 1230. The fraction of sp³-hybridized carbons (Fsp3) is 0.190. The third-order valence-corrected chi connectivity index (χ3v) is 4.97. The maximum Gasteiger partial charge on any atom is 0.413 e. The van der Waals surface area contributed by atoms with Crippen LogP contribution in [0.1, 0.15) is 5.56 Å². The molecule has 2 aromatic carbocycles. The molecule has 0 aliphatic rings. The quantitative estimate of drug-likeness (QED) is 0.513. The second-order valence-corrected chi connectivity index (χ2v) is 7.18. The van der Waals surface area contributed by atoms with Gasteiger partial charge in [0.05, 0.1) is 24.5 Å². The summed E-state index contributed by atoms with van der Waals surface area (Å²) < 4.78 is 14.2. The summed E-state index contributed by atoms with van der Waals surface area (Å²) in [5, 5.41) is 12.8. The van der Waals surface area contributed by atoms with E-state index in [9.17, 15) is 4.79 Å². The Balaban J connectivity index is 1.44. The normalized spacial score (nSPS) is 10.9. The van der Waals surface area contributed by atoms with E-state index in [1.807, 2.05) is 31.3 Å². The topological polar surface area (TPSA) is 83.2 Å². The Labute approximate surface area is 178 Å². The number of benzene rings is 2. The van der Waals surface area contributed by atoms with Crippen LogP contribution < -0.4 is 10.1 Å². The highest BCUT2D eigenvalue weighted by Gasteiger charge is 2.15. The van der Waals surface area contributed by atoms with Crippen LogP contribution in [0, 0.1) is 0 Å². The molecule has 0 spiro atoms. The summed E-state index contributed by atoms with van der Waals surface area (Å²) in [7, 11) is 5.24. The Morgan fingerprint density at radius 2 is 1.97 bits per heavy atom. The number of methoxy groups -OCH3 is 1. The van der Waals surface area contributed by atoms with E-state index >= 15 is 0 Å². The number of carbonyl (C=O) groups excluding carboxylic acids is 1. The minimum absolute atomic E-state index is 0.140. The average molecular weight is 426 g/mol. The van der Waals surface area contributed by atoms with Crippen molar-refractivity contribution >= 4 is 34.4 Å². The van der Waals surface area contributed by atoms with Crippen LogP contribution in [0.25, 0.3) is 22.2 Å². The van der Waals surface area contributed by atoms with Gasteiger partial charge in [0.1, 0.15) is 12.4 Å². The first-order valence-electron chi connectivity index (χ1n) is 9.17. The van der Waals surface area contributed by atoms with Crippen LogP contribution in [-0.2, 0) is 25.4 Å². The predicted octanol–water partition coefficient (Wildman–Crippen LogP) is 4.38. The lowest BCUT2D eigenvalue weighted by Crippen LogP contribution is -2.14. The number of amides is 1. The van der Waals surface area contributed by atoms with Gasteiger partial charge >= 0.3 is 6.09 Å². The van der Waals surface area contributed by atoms with Gasteiger partial charge in [-0.05, 0) is 35.9 Å². The van der Waals surface area contributed by atoms with Crippen molar-refractivity contribution in [3.63, 3.8) is 0 Å². The number of aromatic nitrogens is 4. The molecule has 0 saturated carbocycles. The first kappa shape index (κ1) is 19.8. The van der Waals surface area contributed by atoms with Crippen LogP contribution in [0.5, 0.6) is 5.75 Å². The van der Waals surface area contributed by atoms with Gasteiger partial charge in [-0.3, -0.25) is 14.7 Å². The Morgan fingerprint density at radius 3 is 2.77 bits per heavy atom. The number of anilines is 1. The van der Waals surface area contributed by atoms with Gasteiger partial charge in [-0.15, -0.1) is 0 Å². The van der Waals surface area contributed by atoms with E-state index in [4.69, 9.17) is 21.1 Å². The van der Waals surface area contributed by atoms with Crippen LogP contribution in [0.4, 0.5) is 10.6 Å². The van der Waals surface area contributed by atoms with Crippen LogP contribution >= 0.6 is 11.6 Å². The molecule has 8 nitrogen and oxygen atoms in total. The standard InChI is InChI=1S/C21H20ClN5O3/c1-26-17-7-4-13(8-14(17)11-23-26)12-30-21(28)24-20-10-18(27(2)25-20)16-6-5-15(22)9-19(16)29-3/h4-11H,12H2,1-3H3,(H,24,25,28). The highest BCUT2D eigenvalue weighted by Crippen LogP contribution is 2.33. The molecule has 0 aliphatic heterocycles. The zero-order chi connectivity index (χ0) is 21.3. The lowest BCUT2D eigenvalue weighted by atomic mass is 10.1. The van der Waals surface area contributed by atoms with Gasteiger partial charge in [0.25, 0.3) is 0 Å². The third-order valence-electron chi connectivity index (χ3n) is 4.73. The van der Waals surface area contributed by atoms with Gasteiger partial charge in [0, 0.05) is 36.1 Å². The van der Waals surface area contributed by atoms with Gasteiger partial charge < -0.3 is 9.47 Å². The molecule has 2 aromatic heterocycles. The van der Waals surface area contributed by atoms with Crippen LogP contribution in [0.2, 0.25) is 5.02 Å². The highest BCUT2D eigenvalue weighted by atomic mass is 35.5. The van der Waals surface area contributed by atoms with Crippen LogP contribution in [-0.4, -0.2) is 32.8 Å². The molecule has 0 radical (unpaired) electrons. The molecule has 0 unspecified atom stereocenters. The molecule has 0 saturated heterocycles. The number of carbonyl (C=O) groups is 1. The van der Waals surface area contributed by atoms with Gasteiger partial charge in [-0.1, -0.05) is 17.7 Å². The van der Waals surface area contributed by atoms with Crippen molar-refractivity contribution < 1.29 is 14.3 Å². The fourth-order valence-corrected chi connectivity index (χ4v) is 3.41.